The number of nitrogens with zero attached hydrogens (tertiary/aromatic N) is 32. The van der Waals surface area contributed by atoms with E-state index >= 15 is 0 Å². The van der Waals surface area contributed by atoms with Crippen LogP contribution in [0.4, 0.5) is 46.5 Å². The number of rotatable bonds is 23. The summed E-state index contributed by atoms with van der Waals surface area (Å²) in [6, 6.07) is 50.0. The van der Waals surface area contributed by atoms with Gasteiger partial charge in [0, 0.05) is 150 Å². The maximum atomic E-state index is 11.6. The smallest absolute Gasteiger partial charge is 0.335 e. The Morgan fingerprint density at radius 2 is 0.601 bits per heavy atom. The van der Waals surface area contributed by atoms with E-state index in [1.807, 2.05) is 102 Å². The van der Waals surface area contributed by atoms with Gasteiger partial charge in [0.25, 0.3) is 0 Å². The maximum absolute atomic E-state index is 11.6. The third-order valence-corrected chi connectivity index (χ3v) is 26.1. The third-order valence-electron chi connectivity index (χ3n) is 25.8. The largest absolute Gasteiger partial charge is 0.508 e. The van der Waals surface area contributed by atoms with Gasteiger partial charge in [-0.3, -0.25) is 19.2 Å². The number of hydrogen-bond donors (Lipinski definition) is 9. The van der Waals surface area contributed by atoms with E-state index in [2.05, 4.69) is 79.6 Å². The zero-order chi connectivity index (χ0) is 102. The normalized spacial score (nSPS) is 14.0. The third kappa shape index (κ3) is 19.2. The molecule has 16 heterocycles. The van der Waals surface area contributed by atoms with Crippen molar-refractivity contribution >= 4 is 176 Å². The van der Waals surface area contributed by atoms with Crippen LogP contribution in [0.2, 0.25) is 5.02 Å². The fraction of sp³-hybridized carbons (Fsp3) is 0.222. The molecule has 12 aromatic heterocycles. The van der Waals surface area contributed by atoms with Gasteiger partial charge in [-0.05, 0) is 146 Å². The van der Waals surface area contributed by atoms with Crippen LogP contribution in [-0.2, 0) is 45.4 Å². The van der Waals surface area contributed by atoms with E-state index in [1.54, 1.807) is 114 Å². The molecule has 0 unspecified atom stereocenters. The SMILES string of the molecule is COc1ccc2cnn(-c3nc(N4CCN(c5ccc(O)cc5)CC4)nc4c3ncn4CC(=O)O)c2c1.COc1cccc2c1cnn2-c1nc(N2CCN(c3ccc(O)cc3)CC2)nc2c1ncn2CC(=O)O.O=C(O)Cn1cnc2c(-n3ncc4c(Cl)cccc43)nc(N3CCN(c4ccc(O)cc4)CC3)nc21.O=C(O)Cn1cnc2c(-n3ncc4ccc(C(=O)O)cc43)nc(N3CCN(c4ccc(O)cc4)CC3)nc21. The fourth-order valence-electron chi connectivity index (χ4n) is 18.4. The van der Waals surface area contributed by atoms with Gasteiger partial charge >= 0.3 is 29.8 Å². The number of fused-ring (bicyclic) bond motifs is 8. The number of methoxy groups -OCH3 is 2. The molecule has 0 amide bonds. The van der Waals surface area contributed by atoms with Gasteiger partial charge in [-0.25, -0.2) is 43.5 Å². The van der Waals surface area contributed by atoms with E-state index in [1.165, 1.54) is 60.4 Å². The van der Waals surface area contributed by atoms with Crippen LogP contribution < -0.4 is 48.7 Å². The second-order valence-electron chi connectivity index (χ2n) is 34.9. The van der Waals surface area contributed by atoms with E-state index in [0.29, 0.717) is 179 Å². The number of benzene rings is 8. The highest BCUT2D eigenvalue weighted by Crippen LogP contribution is 2.37. The van der Waals surface area contributed by atoms with E-state index in [0.717, 1.165) is 100 Å². The Bertz CT molecular complexity index is 8270. The summed E-state index contributed by atoms with van der Waals surface area (Å²) in [7, 11) is 3.22. The topological polar surface area (TPSA) is 557 Å². The van der Waals surface area contributed by atoms with Gasteiger partial charge < -0.3 is 113 Å². The van der Waals surface area contributed by atoms with Crippen molar-refractivity contribution in [3.63, 3.8) is 0 Å². The molecular weight excluding hydrogens is 1930 g/mol. The molecule has 49 heteroatoms. The Hall–Kier alpha value is -19.3. The molecule has 9 N–H and O–H groups in total. The van der Waals surface area contributed by atoms with Crippen molar-refractivity contribution in [3.05, 3.63) is 231 Å². The molecule has 4 saturated heterocycles. The molecule has 0 atom stereocenters. The number of hydrogen-bond acceptors (Lipinski definition) is 35. The number of aromatic nitrogens is 24. The number of phenols is 4. The Morgan fingerprint density at radius 3 is 0.919 bits per heavy atom. The average Bonchev–Trinajstić information content (AvgIpc) is 1.60. The molecule has 0 bridgehead atoms. The second kappa shape index (κ2) is 40.2. The van der Waals surface area contributed by atoms with Crippen LogP contribution in [0.25, 0.3) is 112 Å². The first kappa shape index (κ1) is 94.9. The molecule has 8 aromatic carbocycles. The number of aromatic carboxylic acids is 1. The molecule has 24 rings (SSSR count). The summed E-state index contributed by atoms with van der Waals surface area (Å²) in [5.74, 6) is 0.751. The van der Waals surface area contributed by atoms with E-state index in [4.69, 9.17) is 56.0 Å². The minimum Gasteiger partial charge on any atom is -0.508 e. The highest BCUT2D eigenvalue weighted by Gasteiger charge is 2.32. The predicted molar refractivity (Wildman–Crippen MR) is 546 cm³/mol. The molecule has 0 spiro atoms. The zero-order valence-electron chi connectivity index (χ0n) is 79.0. The lowest BCUT2D eigenvalue weighted by molar-refractivity contribution is -0.138. The number of anilines is 8. The summed E-state index contributed by atoms with van der Waals surface area (Å²) in [5, 5.41) is 107. The zero-order valence-corrected chi connectivity index (χ0v) is 79.8. The molecule has 148 heavy (non-hydrogen) atoms. The van der Waals surface area contributed by atoms with E-state index < -0.39 is 29.8 Å². The number of aliphatic carboxylic acids is 4. The van der Waals surface area contributed by atoms with Gasteiger partial charge in [-0.2, -0.15) is 60.3 Å². The molecule has 4 aliphatic rings. The highest BCUT2D eigenvalue weighted by molar-refractivity contribution is 6.35. The minimum atomic E-state index is -1.06. The lowest BCUT2D eigenvalue weighted by Gasteiger charge is -2.36. The van der Waals surface area contributed by atoms with Gasteiger partial charge in [0.2, 0.25) is 23.8 Å². The van der Waals surface area contributed by atoms with Gasteiger partial charge in [-0.1, -0.05) is 29.8 Å². The summed E-state index contributed by atoms with van der Waals surface area (Å²) >= 11 is 6.37. The summed E-state index contributed by atoms with van der Waals surface area (Å²) in [4.78, 5) is 131. The van der Waals surface area contributed by atoms with Crippen LogP contribution in [0.3, 0.4) is 0 Å². The fourth-order valence-corrected chi connectivity index (χ4v) is 18.6. The van der Waals surface area contributed by atoms with Crippen LogP contribution in [-0.4, -0.2) is 312 Å². The molecule has 0 saturated carbocycles. The van der Waals surface area contributed by atoms with Crippen LogP contribution >= 0.6 is 11.6 Å². The first-order chi connectivity index (χ1) is 71.9. The Labute approximate surface area is 841 Å². The van der Waals surface area contributed by atoms with Crippen molar-refractivity contribution in [2.75, 3.05) is 158 Å². The highest BCUT2D eigenvalue weighted by atomic mass is 35.5. The van der Waals surface area contributed by atoms with Crippen molar-refractivity contribution in [1.82, 2.24) is 117 Å². The summed E-state index contributed by atoms with van der Waals surface area (Å²) < 4.78 is 23.4. The average molecular weight is 2020 g/mol. The number of aromatic hydroxyl groups is 4. The molecular formula is C99H91ClN32O16. The lowest BCUT2D eigenvalue weighted by atomic mass is 10.2. The molecule has 4 aliphatic heterocycles. The van der Waals surface area contributed by atoms with Crippen molar-refractivity contribution in [2.24, 2.45) is 0 Å². The van der Waals surface area contributed by atoms with E-state index in [-0.39, 0.29) is 54.7 Å². The number of imidazole rings is 4. The summed E-state index contributed by atoms with van der Waals surface area (Å²) in [6.07, 6.45) is 12.5. The molecule has 750 valence electrons. The van der Waals surface area contributed by atoms with Crippen LogP contribution in [0.5, 0.6) is 34.5 Å². The lowest BCUT2D eigenvalue weighted by Crippen LogP contribution is -2.47. The number of phenolic OH excluding ortho intramolecular Hbond substituents is 4. The van der Waals surface area contributed by atoms with Gasteiger partial charge in [0.05, 0.1) is 102 Å². The predicted octanol–water partition coefficient (Wildman–Crippen LogP) is 9.50. The van der Waals surface area contributed by atoms with E-state index in [9.17, 15) is 69.9 Å². The number of carbonyl (C=O) groups is 5. The van der Waals surface area contributed by atoms with Crippen LogP contribution in [0.15, 0.2) is 220 Å². The Kier molecular flexibility index (Phi) is 25.8. The van der Waals surface area contributed by atoms with Gasteiger partial charge in [0.1, 0.15) is 60.7 Å². The number of carboxylic acids is 5. The quantitative estimate of drug-likeness (QED) is 0.0288. The Balaban J connectivity index is 0.000000116. The summed E-state index contributed by atoms with van der Waals surface area (Å²) in [6.45, 7) is 9.78. The molecule has 48 nitrogen and oxygen atoms in total. The number of halogens is 1. The Morgan fingerprint density at radius 1 is 0.311 bits per heavy atom. The van der Waals surface area contributed by atoms with Gasteiger partial charge in [-0.15, -0.1) is 0 Å². The minimum absolute atomic E-state index is 0.103. The first-order valence-corrected chi connectivity index (χ1v) is 47.1. The van der Waals surface area contributed by atoms with Gasteiger partial charge in [0.15, 0.2) is 67.9 Å². The monoisotopic (exact) mass is 2020 g/mol. The molecule has 20 aromatic rings. The number of carboxylic acid groups (broad SMARTS) is 5. The second-order valence-corrected chi connectivity index (χ2v) is 35.3. The maximum Gasteiger partial charge on any atom is 0.335 e. The van der Waals surface area contributed by atoms with Crippen molar-refractivity contribution in [2.45, 2.75) is 26.2 Å². The molecule has 0 aliphatic carbocycles. The standard InChI is InChI=1S/C25H22N8O5.2C25H24N8O4.C24H21ClN8O3/c34-18-5-3-17(4-6-18)30-7-9-31(10-8-30)25-28-22-21(26-14-32(22)13-20(35)36)23(29-25)33-19-11-15(24(37)38)1-2-16(19)12-27-33;1-37-19-7-2-16-13-27-33(20(16)12-19)24-22-23(32(15-26-22)14-21(35)36)28-25(29-24)31-10-8-30(9-11-31)17-3-5-18(34)6-4-17;1-37-20-4-2-3-19-18(20)13-27-33(19)24-22-23(32(15-26-22)14-21(35)36)28-25(29-24)31-11-9-30(10-12-31)16-5-7-17(34)8-6-16;25-18-2-1-3-19-17(18)12-27-33(19)23-21-22(32(14-26-21)13-20(35)36)28-24(29-23)31-10-8-30(9-11-31)15-4-6-16(34)7-5-15/h1-6,11-12,14,34H,7-10,13H2,(H,35,36)(H,37,38);2-7,12-13,15,34H,8-11,14H2,1H3,(H,35,36);2-8,13,15,34H,9-12,14H2,1H3,(H,35,36);1-7,12,14,34H,8-11,13H2,(H,35,36). The first-order valence-electron chi connectivity index (χ1n) is 46.7. The molecule has 0 radical (unpaired) electrons. The van der Waals surface area contributed by atoms with Crippen LogP contribution in [0.1, 0.15) is 10.4 Å². The van der Waals surface area contributed by atoms with Crippen LogP contribution in [0, 0.1) is 0 Å². The summed E-state index contributed by atoms with van der Waals surface area (Å²) in [5.41, 5.74) is 10.4. The van der Waals surface area contributed by atoms with Crippen molar-refractivity contribution in [1.29, 1.82) is 0 Å². The van der Waals surface area contributed by atoms with Crippen molar-refractivity contribution < 1.29 is 79.4 Å². The number of piperazine rings is 4. The number of ether oxygens (including phenoxy) is 2. The molecule has 4 fully saturated rings. The van der Waals surface area contributed by atoms with Crippen molar-refractivity contribution in [3.8, 4) is 57.8 Å².